The summed E-state index contributed by atoms with van der Waals surface area (Å²) in [6.07, 6.45) is 1.66. The third kappa shape index (κ3) is 3.67. The van der Waals surface area contributed by atoms with Crippen molar-refractivity contribution in [2.45, 2.75) is 32.4 Å². The summed E-state index contributed by atoms with van der Waals surface area (Å²) in [5, 5.41) is 0. The van der Waals surface area contributed by atoms with E-state index in [1.807, 2.05) is 11.0 Å². The summed E-state index contributed by atoms with van der Waals surface area (Å²) in [6, 6.07) is 6.15. The van der Waals surface area contributed by atoms with Gasteiger partial charge in [0.15, 0.2) is 0 Å². The maximum atomic E-state index is 12.8. The molecule has 2 aliphatic rings. The van der Waals surface area contributed by atoms with Crippen molar-refractivity contribution in [3.63, 3.8) is 0 Å². The van der Waals surface area contributed by atoms with E-state index in [2.05, 4.69) is 24.0 Å². The molecule has 0 saturated carbocycles. The Morgan fingerprint density at radius 2 is 2.22 bits per heavy atom. The van der Waals surface area contributed by atoms with Crippen LogP contribution in [0.4, 0.5) is 0 Å². The average molecular weight is 318 g/mol. The van der Waals surface area contributed by atoms with Gasteiger partial charge in [0.05, 0.1) is 13.7 Å². The minimum absolute atomic E-state index is 0.131. The Balaban J connectivity index is 1.71. The van der Waals surface area contributed by atoms with Crippen LogP contribution in [0.3, 0.4) is 0 Å². The van der Waals surface area contributed by atoms with Crippen LogP contribution < -0.4 is 4.74 Å². The Morgan fingerprint density at radius 1 is 1.35 bits per heavy atom. The molecule has 1 fully saturated rings. The number of ether oxygens (including phenoxy) is 2. The Hall–Kier alpha value is -1.59. The summed E-state index contributed by atoms with van der Waals surface area (Å²) in [5.74, 6) is 1.02. The van der Waals surface area contributed by atoms with Crippen molar-refractivity contribution in [3.05, 3.63) is 29.3 Å². The average Bonchev–Trinajstić information content (AvgIpc) is 2.82. The minimum atomic E-state index is -0.316. The highest BCUT2D eigenvalue weighted by atomic mass is 16.5. The zero-order valence-corrected chi connectivity index (χ0v) is 14.1. The number of hydrogen-bond acceptors (Lipinski definition) is 4. The van der Waals surface area contributed by atoms with Crippen LogP contribution in [0.5, 0.6) is 5.75 Å². The van der Waals surface area contributed by atoms with Crippen LogP contribution >= 0.6 is 0 Å². The molecule has 23 heavy (non-hydrogen) atoms. The first-order chi connectivity index (χ1) is 11.2. The van der Waals surface area contributed by atoms with Gasteiger partial charge in [0.1, 0.15) is 11.9 Å². The zero-order chi connectivity index (χ0) is 16.2. The lowest BCUT2D eigenvalue weighted by atomic mass is 10.0. The fraction of sp³-hybridized carbons (Fsp3) is 0.611. The molecule has 1 atom stereocenters. The smallest absolute Gasteiger partial charge is 0.253 e. The molecule has 126 valence electrons. The van der Waals surface area contributed by atoms with Crippen LogP contribution in [0.25, 0.3) is 0 Å². The van der Waals surface area contributed by atoms with Gasteiger partial charge in [-0.25, -0.2) is 0 Å². The van der Waals surface area contributed by atoms with E-state index in [-0.39, 0.29) is 12.0 Å². The number of amides is 1. The maximum Gasteiger partial charge on any atom is 0.253 e. The molecule has 1 aromatic carbocycles. The number of nitrogens with zero attached hydrogens (tertiary/aromatic N) is 2. The number of carbonyl (C=O) groups excluding carboxylic acids is 1. The van der Waals surface area contributed by atoms with Crippen LogP contribution in [0.1, 0.15) is 24.5 Å². The van der Waals surface area contributed by atoms with Crippen LogP contribution in [0.2, 0.25) is 0 Å². The van der Waals surface area contributed by atoms with Gasteiger partial charge >= 0.3 is 0 Å². The summed E-state index contributed by atoms with van der Waals surface area (Å²) >= 11 is 0. The first-order valence-electron chi connectivity index (χ1n) is 8.49. The van der Waals surface area contributed by atoms with Gasteiger partial charge in [-0.2, -0.15) is 0 Å². The van der Waals surface area contributed by atoms with Crippen LogP contribution in [0, 0.1) is 0 Å². The molecule has 2 heterocycles. The van der Waals surface area contributed by atoms with E-state index in [0.717, 1.165) is 38.2 Å². The quantitative estimate of drug-likeness (QED) is 0.850. The Kier molecular flexibility index (Phi) is 5.18. The molecule has 5 heteroatoms. The number of likely N-dealkylation sites (N-methyl/N-ethyl adjacent to an activating group) is 1. The second-order valence-corrected chi connectivity index (χ2v) is 6.25. The van der Waals surface area contributed by atoms with Crippen molar-refractivity contribution >= 4 is 5.91 Å². The second kappa shape index (κ2) is 7.32. The van der Waals surface area contributed by atoms with Crippen molar-refractivity contribution in [2.24, 2.45) is 0 Å². The number of fused-ring (bicyclic) bond motifs is 1. The first kappa shape index (κ1) is 16.3. The molecular weight excluding hydrogens is 292 g/mol. The van der Waals surface area contributed by atoms with Gasteiger partial charge < -0.3 is 14.4 Å². The van der Waals surface area contributed by atoms with E-state index in [4.69, 9.17) is 9.47 Å². The molecule has 1 amide bonds. The van der Waals surface area contributed by atoms with Crippen molar-refractivity contribution in [2.75, 3.05) is 39.9 Å². The molecule has 3 rings (SSSR count). The molecule has 2 aliphatic heterocycles. The van der Waals surface area contributed by atoms with Gasteiger partial charge in [0.25, 0.3) is 5.91 Å². The van der Waals surface area contributed by atoms with Crippen LogP contribution in [-0.4, -0.2) is 61.7 Å². The minimum Gasteiger partial charge on any atom is -0.497 e. The lowest BCUT2D eigenvalue weighted by molar-refractivity contribution is -0.150. The van der Waals surface area contributed by atoms with Gasteiger partial charge in [-0.3, -0.25) is 9.69 Å². The predicted octanol–water partition coefficient (Wildman–Crippen LogP) is 1.69. The van der Waals surface area contributed by atoms with Crippen molar-refractivity contribution < 1.29 is 14.3 Å². The number of hydrogen-bond donors (Lipinski definition) is 0. The SMILES string of the molecule is CCN1CCO[C@H](C(=O)N2CCCc3cc(OC)ccc3C2)C1. The number of aryl methyl sites for hydroxylation is 1. The Labute approximate surface area is 138 Å². The molecule has 5 nitrogen and oxygen atoms in total. The molecule has 1 saturated heterocycles. The molecule has 1 aromatic rings. The van der Waals surface area contributed by atoms with Gasteiger partial charge in [-0.1, -0.05) is 13.0 Å². The molecule has 0 aliphatic carbocycles. The monoisotopic (exact) mass is 318 g/mol. The van der Waals surface area contributed by atoms with E-state index in [0.29, 0.717) is 19.7 Å². The van der Waals surface area contributed by atoms with Gasteiger partial charge in [0, 0.05) is 26.2 Å². The van der Waals surface area contributed by atoms with Crippen molar-refractivity contribution in [1.82, 2.24) is 9.80 Å². The van der Waals surface area contributed by atoms with Crippen LogP contribution in [-0.2, 0) is 22.5 Å². The molecule has 0 aromatic heterocycles. The Bertz CT molecular complexity index is 561. The maximum absolute atomic E-state index is 12.8. The third-order valence-corrected chi connectivity index (χ3v) is 4.83. The lowest BCUT2D eigenvalue weighted by Crippen LogP contribution is -2.50. The normalized spacial score (nSPS) is 22.3. The summed E-state index contributed by atoms with van der Waals surface area (Å²) in [7, 11) is 1.69. The van der Waals surface area contributed by atoms with Gasteiger partial charge in [-0.15, -0.1) is 0 Å². The standard InChI is InChI=1S/C18H26N2O3/c1-3-19-9-10-23-17(13-19)18(21)20-8-4-5-14-11-16(22-2)7-6-15(14)12-20/h6-7,11,17H,3-5,8-10,12-13H2,1-2H3/t17-/m0/s1. The number of carbonyl (C=O) groups is 1. The highest BCUT2D eigenvalue weighted by molar-refractivity contribution is 5.81. The summed E-state index contributed by atoms with van der Waals surface area (Å²) in [6.45, 7) is 6.83. The summed E-state index contributed by atoms with van der Waals surface area (Å²) in [4.78, 5) is 17.1. The van der Waals surface area contributed by atoms with Gasteiger partial charge in [-0.05, 0) is 42.6 Å². The molecule has 0 N–H and O–H groups in total. The molecule has 0 bridgehead atoms. The number of methoxy groups -OCH3 is 1. The first-order valence-corrected chi connectivity index (χ1v) is 8.49. The number of benzene rings is 1. The van der Waals surface area contributed by atoms with E-state index < -0.39 is 0 Å². The number of morpholine rings is 1. The Morgan fingerprint density at radius 3 is 3.00 bits per heavy atom. The highest BCUT2D eigenvalue weighted by Crippen LogP contribution is 2.24. The lowest BCUT2D eigenvalue weighted by Gasteiger charge is -2.34. The fourth-order valence-corrected chi connectivity index (χ4v) is 3.39. The fourth-order valence-electron chi connectivity index (χ4n) is 3.39. The van der Waals surface area contributed by atoms with Gasteiger partial charge in [0.2, 0.25) is 0 Å². The van der Waals surface area contributed by atoms with Crippen molar-refractivity contribution in [3.8, 4) is 5.75 Å². The topological polar surface area (TPSA) is 42.0 Å². The molecule has 0 radical (unpaired) electrons. The molecule has 0 spiro atoms. The van der Waals surface area contributed by atoms with E-state index in [1.165, 1.54) is 11.1 Å². The molecular formula is C18H26N2O3. The molecule has 0 unspecified atom stereocenters. The van der Waals surface area contributed by atoms with Crippen LogP contribution in [0.15, 0.2) is 18.2 Å². The van der Waals surface area contributed by atoms with Crippen molar-refractivity contribution in [1.29, 1.82) is 0 Å². The summed E-state index contributed by atoms with van der Waals surface area (Å²) < 4.78 is 11.0. The second-order valence-electron chi connectivity index (χ2n) is 6.25. The predicted molar refractivity (Wildman–Crippen MR) is 88.6 cm³/mol. The van der Waals surface area contributed by atoms with E-state index >= 15 is 0 Å². The highest BCUT2D eigenvalue weighted by Gasteiger charge is 2.30. The zero-order valence-electron chi connectivity index (χ0n) is 14.1. The summed E-state index contributed by atoms with van der Waals surface area (Å²) in [5.41, 5.74) is 2.51. The van der Waals surface area contributed by atoms with E-state index in [1.54, 1.807) is 7.11 Å². The number of rotatable bonds is 3. The largest absolute Gasteiger partial charge is 0.497 e. The third-order valence-electron chi connectivity index (χ3n) is 4.83. The van der Waals surface area contributed by atoms with E-state index in [9.17, 15) is 4.79 Å².